The van der Waals surface area contributed by atoms with Gasteiger partial charge in [0.05, 0.1) is 0 Å². The molecule has 1 N–H and O–H groups in total. The number of ether oxygens (including phenoxy) is 1. The second-order valence-corrected chi connectivity index (χ2v) is 5.39. The highest BCUT2D eigenvalue weighted by molar-refractivity contribution is 6.29. The number of hydrogen-bond donors (Lipinski definition) is 1. The molecule has 5 heteroatoms. The molecule has 0 saturated carbocycles. The molecule has 0 aliphatic carbocycles. The Bertz CT molecular complexity index is 582. The predicted octanol–water partition coefficient (Wildman–Crippen LogP) is 2.72. The second kappa shape index (κ2) is 6.78. The van der Waals surface area contributed by atoms with E-state index in [1.165, 1.54) is 5.69 Å². The molecule has 1 aliphatic rings. The molecule has 2 aromatic rings. The molecule has 0 spiro atoms. The summed E-state index contributed by atoms with van der Waals surface area (Å²) in [5.41, 5.74) is 2.26. The molecule has 1 aromatic heterocycles. The van der Waals surface area contributed by atoms with E-state index in [4.69, 9.17) is 16.3 Å². The first-order valence-electron chi connectivity index (χ1n) is 7.10. The summed E-state index contributed by atoms with van der Waals surface area (Å²) in [6, 6.07) is 12.0. The maximum absolute atomic E-state index is 5.86. The van der Waals surface area contributed by atoms with E-state index in [0.29, 0.717) is 11.8 Å². The quantitative estimate of drug-likeness (QED) is 0.881. The fourth-order valence-electron chi connectivity index (χ4n) is 2.38. The summed E-state index contributed by atoms with van der Waals surface area (Å²) in [4.78, 5) is 6.34. The zero-order valence-corrected chi connectivity index (χ0v) is 12.5. The summed E-state index contributed by atoms with van der Waals surface area (Å²) < 4.78 is 5.77. The molecule has 110 valence electrons. The van der Waals surface area contributed by atoms with Crippen LogP contribution in [0.15, 0.2) is 42.6 Å². The van der Waals surface area contributed by atoms with Crippen LogP contribution in [0.3, 0.4) is 0 Å². The highest BCUT2D eigenvalue weighted by Gasteiger charge is 2.10. The molecule has 0 atom stereocenters. The fraction of sp³-hybridized carbons (Fsp3) is 0.312. The van der Waals surface area contributed by atoms with E-state index in [1.807, 2.05) is 24.3 Å². The Morgan fingerprint density at radius 1 is 1.14 bits per heavy atom. The van der Waals surface area contributed by atoms with Gasteiger partial charge in [-0.2, -0.15) is 0 Å². The van der Waals surface area contributed by atoms with Gasteiger partial charge >= 0.3 is 0 Å². The lowest BCUT2D eigenvalue weighted by atomic mass is 10.2. The lowest BCUT2D eigenvalue weighted by molar-refractivity contribution is 0.306. The van der Waals surface area contributed by atoms with Crippen molar-refractivity contribution in [1.29, 1.82) is 0 Å². The van der Waals surface area contributed by atoms with E-state index in [1.54, 1.807) is 6.20 Å². The van der Waals surface area contributed by atoms with Crippen molar-refractivity contribution in [2.45, 2.75) is 6.61 Å². The highest BCUT2D eigenvalue weighted by Crippen LogP contribution is 2.20. The van der Waals surface area contributed by atoms with Crippen LogP contribution in [-0.4, -0.2) is 31.2 Å². The summed E-state index contributed by atoms with van der Waals surface area (Å²) in [5.74, 6) is 0.863. The van der Waals surface area contributed by atoms with Crippen LogP contribution < -0.4 is 15.0 Å². The molecule has 21 heavy (non-hydrogen) atoms. The highest BCUT2D eigenvalue weighted by atomic mass is 35.5. The van der Waals surface area contributed by atoms with Crippen LogP contribution in [0.4, 0.5) is 5.69 Å². The van der Waals surface area contributed by atoms with E-state index in [-0.39, 0.29) is 0 Å². The summed E-state index contributed by atoms with van der Waals surface area (Å²) in [6.07, 6.45) is 1.69. The third-order valence-corrected chi connectivity index (χ3v) is 3.72. The molecule has 0 bridgehead atoms. The zero-order chi connectivity index (χ0) is 14.5. The van der Waals surface area contributed by atoms with Crippen molar-refractivity contribution in [1.82, 2.24) is 10.3 Å². The third kappa shape index (κ3) is 3.86. The minimum atomic E-state index is 0.491. The van der Waals surface area contributed by atoms with E-state index in [9.17, 15) is 0 Å². The van der Waals surface area contributed by atoms with Crippen molar-refractivity contribution in [2.75, 3.05) is 31.1 Å². The number of nitrogens with zero attached hydrogens (tertiary/aromatic N) is 2. The third-order valence-electron chi connectivity index (χ3n) is 3.52. The molecule has 1 saturated heterocycles. The average molecular weight is 304 g/mol. The summed E-state index contributed by atoms with van der Waals surface area (Å²) in [5, 5.41) is 3.85. The zero-order valence-electron chi connectivity index (χ0n) is 11.8. The van der Waals surface area contributed by atoms with Gasteiger partial charge in [0.15, 0.2) is 0 Å². The normalized spacial score (nSPS) is 15.0. The van der Waals surface area contributed by atoms with Crippen LogP contribution in [-0.2, 0) is 6.61 Å². The number of aromatic nitrogens is 1. The van der Waals surface area contributed by atoms with Gasteiger partial charge in [-0.1, -0.05) is 11.6 Å². The van der Waals surface area contributed by atoms with E-state index < -0.39 is 0 Å². The number of pyridine rings is 1. The molecule has 1 aromatic carbocycles. The molecule has 1 fully saturated rings. The van der Waals surface area contributed by atoms with Crippen molar-refractivity contribution in [3.8, 4) is 5.75 Å². The number of halogens is 1. The summed E-state index contributed by atoms with van der Waals surface area (Å²) in [7, 11) is 0. The Kier molecular flexibility index (Phi) is 4.58. The van der Waals surface area contributed by atoms with Crippen molar-refractivity contribution < 1.29 is 4.74 Å². The van der Waals surface area contributed by atoms with Gasteiger partial charge in [0.25, 0.3) is 0 Å². The van der Waals surface area contributed by atoms with Crippen LogP contribution in [0.2, 0.25) is 5.15 Å². The van der Waals surface area contributed by atoms with Crippen LogP contribution in [0, 0.1) is 0 Å². The topological polar surface area (TPSA) is 37.4 Å². The van der Waals surface area contributed by atoms with Gasteiger partial charge in [-0.25, -0.2) is 4.98 Å². The molecular formula is C16H18ClN3O. The van der Waals surface area contributed by atoms with Gasteiger partial charge < -0.3 is 15.0 Å². The van der Waals surface area contributed by atoms with Gasteiger partial charge in [-0.05, 0) is 42.0 Å². The number of hydrogen-bond acceptors (Lipinski definition) is 4. The maximum Gasteiger partial charge on any atom is 0.129 e. The Balaban J connectivity index is 1.59. The largest absolute Gasteiger partial charge is 0.489 e. The Labute approximate surface area is 129 Å². The predicted molar refractivity (Wildman–Crippen MR) is 85.1 cm³/mol. The minimum Gasteiger partial charge on any atom is -0.489 e. The maximum atomic E-state index is 5.86. The van der Waals surface area contributed by atoms with Crippen LogP contribution in [0.5, 0.6) is 5.75 Å². The number of piperazine rings is 1. The number of rotatable bonds is 4. The molecular weight excluding hydrogens is 286 g/mol. The summed E-state index contributed by atoms with van der Waals surface area (Å²) >= 11 is 5.86. The van der Waals surface area contributed by atoms with Crippen LogP contribution in [0.1, 0.15) is 5.56 Å². The van der Waals surface area contributed by atoms with Gasteiger partial charge in [0.2, 0.25) is 0 Å². The van der Waals surface area contributed by atoms with E-state index in [0.717, 1.165) is 37.5 Å². The van der Waals surface area contributed by atoms with Gasteiger partial charge in [0, 0.05) is 38.1 Å². The number of anilines is 1. The molecule has 0 radical (unpaired) electrons. The van der Waals surface area contributed by atoms with Crippen LogP contribution in [0.25, 0.3) is 0 Å². The Morgan fingerprint density at radius 2 is 1.90 bits per heavy atom. The van der Waals surface area contributed by atoms with Crippen LogP contribution >= 0.6 is 11.6 Å². The number of nitrogens with one attached hydrogen (secondary N) is 1. The lowest BCUT2D eigenvalue weighted by Gasteiger charge is -2.29. The molecule has 0 amide bonds. The lowest BCUT2D eigenvalue weighted by Crippen LogP contribution is -2.43. The second-order valence-electron chi connectivity index (χ2n) is 5.01. The first-order valence-corrected chi connectivity index (χ1v) is 7.48. The first kappa shape index (κ1) is 14.2. The Hall–Kier alpha value is -1.78. The molecule has 1 aliphatic heterocycles. The Morgan fingerprint density at radius 3 is 2.62 bits per heavy atom. The molecule has 2 heterocycles. The van der Waals surface area contributed by atoms with Gasteiger partial charge in [0.1, 0.15) is 17.5 Å². The monoisotopic (exact) mass is 303 g/mol. The number of benzene rings is 1. The molecule has 4 nitrogen and oxygen atoms in total. The van der Waals surface area contributed by atoms with Gasteiger partial charge in [-0.3, -0.25) is 0 Å². The van der Waals surface area contributed by atoms with Crippen molar-refractivity contribution in [2.24, 2.45) is 0 Å². The smallest absolute Gasteiger partial charge is 0.129 e. The van der Waals surface area contributed by atoms with Crippen molar-refractivity contribution >= 4 is 17.3 Å². The average Bonchev–Trinajstić information content (AvgIpc) is 2.54. The standard InChI is InChI=1S/C16H18ClN3O/c17-16-11-13(5-6-19-16)12-21-15-3-1-14(2-4-15)20-9-7-18-8-10-20/h1-6,11,18H,7-10,12H2. The van der Waals surface area contributed by atoms with Gasteiger partial charge in [-0.15, -0.1) is 0 Å². The van der Waals surface area contributed by atoms with Crippen molar-refractivity contribution in [3.05, 3.63) is 53.3 Å². The fourth-order valence-corrected chi connectivity index (χ4v) is 2.57. The molecule has 3 rings (SSSR count). The van der Waals surface area contributed by atoms with Crippen molar-refractivity contribution in [3.63, 3.8) is 0 Å². The molecule has 0 unspecified atom stereocenters. The minimum absolute atomic E-state index is 0.491. The van der Waals surface area contributed by atoms with E-state index in [2.05, 4.69) is 27.3 Å². The van der Waals surface area contributed by atoms with E-state index >= 15 is 0 Å². The SMILES string of the molecule is Clc1cc(COc2ccc(N3CCNCC3)cc2)ccn1. The summed E-state index contributed by atoms with van der Waals surface area (Å²) in [6.45, 7) is 4.68. The first-order chi connectivity index (χ1) is 10.3.